The average molecular weight is 256 g/mol. The third-order valence-electron chi connectivity index (χ3n) is 3.57. The molecule has 18 heavy (non-hydrogen) atoms. The Morgan fingerprint density at radius 3 is 2.61 bits per heavy atom. The number of hydrogen-bond donors (Lipinski definition) is 2. The Kier molecular flexibility index (Phi) is 4.54. The maximum absolute atomic E-state index is 12.3. The van der Waals surface area contributed by atoms with Gasteiger partial charge in [-0.25, -0.2) is 0 Å². The lowest BCUT2D eigenvalue weighted by Crippen LogP contribution is -2.55. The summed E-state index contributed by atoms with van der Waals surface area (Å²) in [6.07, 6.45) is 3.96. The maximum atomic E-state index is 12.3. The van der Waals surface area contributed by atoms with E-state index in [1.54, 1.807) is 0 Å². The van der Waals surface area contributed by atoms with Crippen LogP contribution in [0.3, 0.4) is 0 Å². The summed E-state index contributed by atoms with van der Waals surface area (Å²) in [5.41, 5.74) is 0. The topological polar surface area (TPSA) is 78.9 Å². The number of nitrogens with one attached hydrogen (secondary N) is 1. The summed E-state index contributed by atoms with van der Waals surface area (Å²) in [5.74, 6) is -1.09. The molecule has 2 aliphatic rings. The van der Waals surface area contributed by atoms with E-state index in [1.165, 1.54) is 4.90 Å². The smallest absolute Gasteiger partial charge is 0.323 e. The largest absolute Gasteiger partial charge is 0.480 e. The van der Waals surface area contributed by atoms with Crippen LogP contribution in [0.1, 0.15) is 25.7 Å². The fourth-order valence-corrected chi connectivity index (χ4v) is 2.67. The van der Waals surface area contributed by atoms with E-state index in [1.807, 2.05) is 0 Å². The van der Waals surface area contributed by atoms with Crippen LogP contribution in [0.5, 0.6) is 0 Å². The Labute approximate surface area is 106 Å². The molecular weight excluding hydrogens is 236 g/mol. The zero-order valence-electron chi connectivity index (χ0n) is 10.4. The molecule has 1 amide bonds. The number of rotatable bonds is 4. The lowest BCUT2D eigenvalue weighted by molar-refractivity contribution is -0.148. The second-order valence-electron chi connectivity index (χ2n) is 4.88. The van der Waals surface area contributed by atoms with Gasteiger partial charge in [0.2, 0.25) is 5.91 Å². The van der Waals surface area contributed by atoms with Crippen molar-refractivity contribution in [1.82, 2.24) is 10.2 Å². The highest BCUT2D eigenvalue weighted by atomic mass is 16.5. The fraction of sp³-hybridized carbons (Fsp3) is 0.833. The Hall–Kier alpha value is -1.14. The van der Waals surface area contributed by atoms with Crippen LogP contribution in [0.2, 0.25) is 0 Å². The number of carbonyl (C=O) groups is 2. The average Bonchev–Trinajstić information content (AvgIpc) is 2.89. The van der Waals surface area contributed by atoms with Crippen LogP contribution in [0, 0.1) is 0 Å². The number of carbonyl (C=O) groups excluding carboxylic acids is 1. The van der Waals surface area contributed by atoms with Crippen molar-refractivity contribution >= 4 is 11.9 Å². The molecule has 1 atom stereocenters. The first-order valence-electron chi connectivity index (χ1n) is 6.52. The highest BCUT2D eigenvalue weighted by Gasteiger charge is 2.33. The van der Waals surface area contributed by atoms with Crippen molar-refractivity contribution in [1.29, 1.82) is 0 Å². The minimum absolute atomic E-state index is 0.0809. The lowest BCUT2D eigenvalue weighted by atomic mass is 10.1. The molecule has 0 aromatic heterocycles. The molecule has 6 nitrogen and oxygen atoms in total. The molecule has 0 spiro atoms. The van der Waals surface area contributed by atoms with E-state index < -0.39 is 12.0 Å². The monoisotopic (exact) mass is 256 g/mol. The number of carboxylic acids is 1. The number of nitrogens with zero attached hydrogens (tertiary/aromatic N) is 1. The Morgan fingerprint density at radius 1 is 1.33 bits per heavy atom. The molecule has 1 aliphatic carbocycles. The number of aliphatic carboxylic acids is 1. The number of morpholine rings is 1. The number of amides is 1. The minimum Gasteiger partial charge on any atom is -0.480 e. The van der Waals surface area contributed by atoms with Crippen molar-refractivity contribution in [2.75, 3.05) is 26.3 Å². The first-order chi connectivity index (χ1) is 8.68. The summed E-state index contributed by atoms with van der Waals surface area (Å²) >= 11 is 0. The number of hydrogen-bond acceptors (Lipinski definition) is 4. The van der Waals surface area contributed by atoms with Crippen LogP contribution in [-0.4, -0.2) is 60.3 Å². The summed E-state index contributed by atoms with van der Waals surface area (Å²) in [7, 11) is 0. The van der Waals surface area contributed by atoms with Gasteiger partial charge in [0.05, 0.1) is 13.2 Å². The molecule has 2 rings (SSSR count). The minimum atomic E-state index is -0.952. The molecule has 1 saturated carbocycles. The molecule has 2 fully saturated rings. The highest BCUT2D eigenvalue weighted by molar-refractivity contribution is 5.86. The van der Waals surface area contributed by atoms with Gasteiger partial charge in [0.15, 0.2) is 0 Å². The molecule has 2 N–H and O–H groups in total. The molecular formula is C12H20N2O4. The van der Waals surface area contributed by atoms with Gasteiger partial charge in [0.1, 0.15) is 12.6 Å². The van der Waals surface area contributed by atoms with Gasteiger partial charge in [-0.05, 0) is 12.8 Å². The van der Waals surface area contributed by atoms with Gasteiger partial charge < -0.3 is 20.1 Å². The fourth-order valence-electron chi connectivity index (χ4n) is 2.67. The summed E-state index contributed by atoms with van der Waals surface area (Å²) in [4.78, 5) is 24.8. The van der Waals surface area contributed by atoms with Crippen LogP contribution >= 0.6 is 0 Å². The van der Waals surface area contributed by atoms with Crippen molar-refractivity contribution in [3.8, 4) is 0 Å². The van der Waals surface area contributed by atoms with Gasteiger partial charge in [-0.3, -0.25) is 9.59 Å². The molecule has 1 aliphatic heterocycles. The third-order valence-corrected chi connectivity index (χ3v) is 3.57. The molecule has 1 saturated heterocycles. The predicted molar refractivity (Wildman–Crippen MR) is 64.2 cm³/mol. The molecule has 6 heteroatoms. The van der Waals surface area contributed by atoms with Crippen molar-refractivity contribution < 1.29 is 19.4 Å². The molecule has 1 unspecified atom stereocenters. The second kappa shape index (κ2) is 6.15. The van der Waals surface area contributed by atoms with E-state index in [0.717, 1.165) is 25.7 Å². The Morgan fingerprint density at radius 2 is 2.06 bits per heavy atom. The van der Waals surface area contributed by atoms with Crippen LogP contribution in [-0.2, 0) is 14.3 Å². The quantitative estimate of drug-likeness (QED) is 0.730. The number of ether oxygens (including phenoxy) is 1. The zero-order chi connectivity index (χ0) is 13.0. The molecule has 102 valence electrons. The van der Waals surface area contributed by atoms with Crippen LogP contribution in [0.25, 0.3) is 0 Å². The van der Waals surface area contributed by atoms with E-state index in [0.29, 0.717) is 19.8 Å². The van der Waals surface area contributed by atoms with E-state index >= 15 is 0 Å². The normalized spacial score (nSPS) is 25.0. The van der Waals surface area contributed by atoms with Crippen LogP contribution in [0.4, 0.5) is 0 Å². The van der Waals surface area contributed by atoms with Crippen molar-refractivity contribution in [2.24, 2.45) is 0 Å². The van der Waals surface area contributed by atoms with Gasteiger partial charge in [-0.2, -0.15) is 0 Å². The first-order valence-corrected chi connectivity index (χ1v) is 6.52. The lowest BCUT2D eigenvalue weighted by Gasteiger charge is -2.32. The van der Waals surface area contributed by atoms with E-state index in [4.69, 9.17) is 9.84 Å². The Balaban J connectivity index is 2.01. The Bertz CT molecular complexity index is 309. The van der Waals surface area contributed by atoms with Crippen molar-refractivity contribution in [3.63, 3.8) is 0 Å². The van der Waals surface area contributed by atoms with Gasteiger partial charge in [0, 0.05) is 12.6 Å². The summed E-state index contributed by atoms with van der Waals surface area (Å²) < 4.78 is 5.26. The SMILES string of the molecule is O=C(O)CN(C(=O)C1COCCN1)C1CCCC1. The molecule has 1 heterocycles. The summed E-state index contributed by atoms with van der Waals surface area (Å²) in [6.45, 7) is 1.37. The van der Waals surface area contributed by atoms with Gasteiger partial charge in [-0.15, -0.1) is 0 Å². The van der Waals surface area contributed by atoms with E-state index in [-0.39, 0.29) is 18.5 Å². The van der Waals surface area contributed by atoms with Gasteiger partial charge in [-0.1, -0.05) is 12.8 Å². The van der Waals surface area contributed by atoms with Crippen molar-refractivity contribution in [2.45, 2.75) is 37.8 Å². The summed E-state index contributed by atoms with van der Waals surface area (Å²) in [6, 6.07) is -0.309. The zero-order valence-corrected chi connectivity index (χ0v) is 10.4. The molecule has 0 aromatic rings. The third kappa shape index (κ3) is 3.20. The second-order valence-corrected chi connectivity index (χ2v) is 4.88. The molecule has 0 bridgehead atoms. The highest BCUT2D eigenvalue weighted by Crippen LogP contribution is 2.24. The molecule has 0 aromatic carbocycles. The van der Waals surface area contributed by atoms with E-state index in [2.05, 4.69) is 5.32 Å². The van der Waals surface area contributed by atoms with Gasteiger partial charge >= 0.3 is 5.97 Å². The van der Waals surface area contributed by atoms with Gasteiger partial charge in [0.25, 0.3) is 0 Å². The predicted octanol–water partition coefficient (Wildman–Crippen LogP) is -0.169. The number of carboxylic acid groups (broad SMARTS) is 1. The van der Waals surface area contributed by atoms with Crippen molar-refractivity contribution in [3.05, 3.63) is 0 Å². The standard InChI is InChI=1S/C12H20N2O4/c15-11(16)7-14(9-3-1-2-4-9)12(17)10-8-18-6-5-13-10/h9-10,13H,1-8H2,(H,15,16). The first kappa shape index (κ1) is 13.3. The maximum Gasteiger partial charge on any atom is 0.323 e. The summed E-state index contributed by atoms with van der Waals surface area (Å²) in [5, 5.41) is 12.0. The van der Waals surface area contributed by atoms with Crippen LogP contribution in [0.15, 0.2) is 0 Å². The van der Waals surface area contributed by atoms with Crippen LogP contribution < -0.4 is 5.32 Å². The molecule has 0 radical (unpaired) electrons. The van der Waals surface area contributed by atoms with E-state index in [9.17, 15) is 9.59 Å².